The van der Waals surface area contributed by atoms with E-state index in [-0.39, 0.29) is 18.7 Å². The number of hydrogen-bond acceptors (Lipinski definition) is 3. The van der Waals surface area contributed by atoms with E-state index in [2.05, 4.69) is 22.6 Å². The van der Waals surface area contributed by atoms with Gasteiger partial charge >= 0.3 is 0 Å². The molecule has 0 fully saturated rings. The molecule has 1 aliphatic heterocycles. The van der Waals surface area contributed by atoms with Gasteiger partial charge in [0.15, 0.2) is 0 Å². The minimum Gasteiger partial charge on any atom is -0.368 e. The zero-order chi connectivity index (χ0) is 13.3. The summed E-state index contributed by atoms with van der Waals surface area (Å²) in [6, 6.07) is 6.55. The summed E-state index contributed by atoms with van der Waals surface area (Å²) < 4.78 is 1.02. The van der Waals surface area contributed by atoms with Crippen LogP contribution in [0, 0.1) is 14.9 Å². The second-order valence-electron chi connectivity index (χ2n) is 3.99. The van der Waals surface area contributed by atoms with E-state index in [1.807, 2.05) is 18.2 Å². The van der Waals surface area contributed by atoms with Gasteiger partial charge in [-0.2, -0.15) is 5.26 Å². The summed E-state index contributed by atoms with van der Waals surface area (Å²) in [6.07, 6.45) is 0.161. The first-order valence-corrected chi connectivity index (χ1v) is 6.39. The summed E-state index contributed by atoms with van der Waals surface area (Å²) in [5.41, 5.74) is 6.82. The number of benzene rings is 1. The number of amides is 2. The maximum Gasteiger partial charge on any atom is 0.241 e. The van der Waals surface area contributed by atoms with E-state index in [9.17, 15) is 9.59 Å². The molecule has 18 heavy (non-hydrogen) atoms. The molecule has 6 heteroatoms. The molecule has 0 aromatic heterocycles. The molecule has 0 bridgehead atoms. The van der Waals surface area contributed by atoms with Crippen molar-refractivity contribution in [3.05, 3.63) is 27.3 Å². The van der Waals surface area contributed by atoms with E-state index >= 15 is 0 Å². The average molecular weight is 355 g/mol. The van der Waals surface area contributed by atoms with Gasteiger partial charge in [-0.15, -0.1) is 0 Å². The quantitative estimate of drug-likeness (QED) is 0.819. The molecule has 5 nitrogen and oxygen atoms in total. The van der Waals surface area contributed by atoms with Gasteiger partial charge in [0.1, 0.15) is 6.04 Å². The van der Waals surface area contributed by atoms with Crippen LogP contribution in [0.3, 0.4) is 0 Å². The lowest BCUT2D eigenvalue weighted by Gasteiger charge is -2.24. The van der Waals surface area contributed by atoms with Gasteiger partial charge < -0.3 is 5.73 Å². The van der Waals surface area contributed by atoms with Crippen molar-refractivity contribution in [2.75, 3.05) is 4.90 Å². The molecule has 0 aliphatic carbocycles. The molecule has 0 radical (unpaired) electrons. The Morgan fingerprint density at radius 2 is 2.33 bits per heavy atom. The van der Waals surface area contributed by atoms with Crippen LogP contribution in [0.15, 0.2) is 18.2 Å². The first-order valence-electron chi connectivity index (χ1n) is 5.31. The molecule has 92 valence electrons. The zero-order valence-electron chi connectivity index (χ0n) is 9.39. The molecule has 1 unspecified atom stereocenters. The monoisotopic (exact) mass is 355 g/mol. The van der Waals surface area contributed by atoms with Gasteiger partial charge in [0.25, 0.3) is 0 Å². The second kappa shape index (κ2) is 4.94. The normalized spacial score (nSPS) is 15.1. The maximum absolute atomic E-state index is 12.0. The van der Waals surface area contributed by atoms with Crippen molar-refractivity contribution in [2.24, 2.45) is 5.73 Å². The number of carbonyl (C=O) groups is 2. The molecule has 0 saturated carbocycles. The summed E-state index contributed by atoms with van der Waals surface area (Å²) in [5, 5.41) is 8.73. The van der Waals surface area contributed by atoms with E-state index < -0.39 is 11.9 Å². The summed E-state index contributed by atoms with van der Waals surface area (Å²) in [7, 11) is 0. The standard InChI is InChI=1S/C12H10IN3O2/c13-8-1-2-9-7(5-8)6-11(17)16(9)10(3-4-14)12(15)18/h1-2,5,10H,3,6H2,(H2,15,18). The number of nitriles is 1. The molecule has 1 aliphatic rings. The number of nitrogens with two attached hydrogens (primary N) is 1. The first-order chi connectivity index (χ1) is 8.54. The van der Waals surface area contributed by atoms with Crippen LogP contribution in [0.1, 0.15) is 12.0 Å². The predicted octanol–water partition coefficient (Wildman–Crippen LogP) is 0.948. The highest BCUT2D eigenvalue weighted by molar-refractivity contribution is 14.1. The SMILES string of the molecule is N#CCC(C(N)=O)N1C(=O)Cc2cc(I)ccc21. The van der Waals surface area contributed by atoms with Crippen molar-refractivity contribution in [3.8, 4) is 6.07 Å². The van der Waals surface area contributed by atoms with Gasteiger partial charge in [0.05, 0.1) is 18.9 Å². The van der Waals surface area contributed by atoms with Crippen molar-refractivity contribution < 1.29 is 9.59 Å². The largest absolute Gasteiger partial charge is 0.368 e. The lowest BCUT2D eigenvalue weighted by atomic mass is 10.1. The van der Waals surface area contributed by atoms with Crippen molar-refractivity contribution >= 4 is 40.1 Å². The van der Waals surface area contributed by atoms with Gasteiger partial charge in [-0.05, 0) is 46.4 Å². The Hall–Kier alpha value is -1.62. The first kappa shape index (κ1) is 12.8. The lowest BCUT2D eigenvalue weighted by molar-refractivity contribution is -0.123. The molecule has 0 spiro atoms. The average Bonchev–Trinajstić information content (AvgIpc) is 2.61. The number of nitrogens with zero attached hydrogens (tertiary/aromatic N) is 2. The van der Waals surface area contributed by atoms with Gasteiger partial charge in [-0.25, -0.2) is 0 Å². The summed E-state index contributed by atoms with van der Waals surface area (Å²) >= 11 is 2.16. The maximum atomic E-state index is 12.0. The molecule has 0 saturated heterocycles. The fourth-order valence-corrected chi connectivity index (χ4v) is 2.62. The topological polar surface area (TPSA) is 87.2 Å². The van der Waals surface area contributed by atoms with Crippen LogP contribution in [0.2, 0.25) is 0 Å². The minimum absolute atomic E-state index is 0.0908. The van der Waals surface area contributed by atoms with E-state index in [4.69, 9.17) is 11.0 Å². The zero-order valence-corrected chi connectivity index (χ0v) is 11.5. The highest BCUT2D eigenvalue weighted by atomic mass is 127. The smallest absolute Gasteiger partial charge is 0.241 e. The summed E-state index contributed by atoms with van der Waals surface area (Å²) in [4.78, 5) is 24.7. The van der Waals surface area contributed by atoms with Crippen LogP contribution in [-0.4, -0.2) is 17.9 Å². The Bertz CT molecular complexity index is 565. The molecule has 1 heterocycles. The number of halogens is 1. The number of anilines is 1. The molecule has 2 amide bonds. The molecule has 1 aromatic rings. The summed E-state index contributed by atoms with van der Waals surface area (Å²) in [6.45, 7) is 0. The fraction of sp³-hybridized carbons (Fsp3) is 0.250. The Kier molecular flexibility index (Phi) is 3.52. The minimum atomic E-state index is -0.885. The van der Waals surface area contributed by atoms with Crippen molar-refractivity contribution in [3.63, 3.8) is 0 Å². The predicted molar refractivity (Wildman–Crippen MR) is 73.6 cm³/mol. The number of hydrogen-bond donors (Lipinski definition) is 1. The van der Waals surface area contributed by atoms with Gasteiger partial charge in [0, 0.05) is 9.26 Å². The molecular formula is C12H10IN3O2. The van der Waals surface area contributed by atoms with Crippen LogP contribution < -0.4 is 10.6 Å². The second-order valence-corrected chi connectivity index (χ2v) is 5.24. The van der Waals surface area contributed by atoms with Gasteiger partial charge in [-0.1, -0.05) is 0 Å². The van der Waals surface area contributed by atoms with Crippen LogP contribution >= 0.6 is 22.6 Å². The molecule has 2 N–H and O–H groups in total. The van der Waals surface area contributed by atoms with E-state index in [0.29, 0.717) is 5.69 Å². The van der Waals surface area contributed by atoms with E-state index in [0.717, 1.165) is 9.13 Å². The Balaban J connectivity index is 2.44. The van der Waals surface area contributed by atoms with Crippen molar-refractivity contribution in [2.45, 2.75) is 18.9 Å². The number of carbonyl (C=O) groups excluding carboxylic acids is 2. The Morgan fingerprint density at radius 1 is 1.61 bits per heavy atom. The molecule has 2 rings (SSSR count). The number of rotatable bonds is 3. The van der Waals surface area contributed by atoms with Crippen molar-refractivity contribution in [1.29, 1.82) is 5.26 Å². The Morgan fingerprint density at radius 3 is 2.94 bits per heavy atom. The van der Waals surface area contributed by atoms with E-state index in [1.165, 1.54) is 4.90 Å². The van der Waals surface area contributed by atoms with Crippen LogP contribution in [-0.2, 0) is 16.0 Å². The van der Waals surface area contributed by atoms with Crippen molar-refractivity contribution in [1.82, 2.24) is 0 Å². The van der Waals surface area contributed by atoms with Crippen LogP contribution in [0.25, 0.3) is 0 Å². The molecule has 1 atom stereocenters. The number of fused-ring (bicyclic) bond motifs is 1. The third-order valence-corrected chi connectivity index (χ3v) is 3.51. The molecular weight excluding hydrogens is 345 g/mol. The van der Waals surface area contributed by atoms with Crippen LogP contribution in [0.5, 0.6) is 0 Å². The van der Waals surface area contributed by atoms with Gasteiger partial charge in [-0.3, -0.25) is 14.5 Å². The third-order valence-electron chi connectivity index (χ3n) is 2.84. The lowest BCUT2D eigenvalue weighted by Crippen LogP contribution is -2.46. The molecule has 1 aromatic carbocycles. The summed E-state index contributed by atoms with van der Waals surface area (Å²) in [5.74, 6) is -0.845. The van der Waals surface area contributed by atoms with E-state index in [1.54, 1.807) is 6.07 Å². The number of primary amides is 1. The van der Waals surface area contributed by atoms with Gasteiger partial charge in [0.2, 0.25) is 11.8 Å². The highest BCUT2D eigenvalue weighted by Gasteiger charge is 2.35. The highest BCUT2D eigenvalue weighted by Crippen LogP contribution is 2.32. The van der Waals surface area contributed by atoms with Crippen LogP contribution in [0.4, 0.5) is 5.69 Å². The fourth-order valence-electron chi connectivity index (χ4n) is 2.06. The Labute approximate surface area is 118 Å². The third kappa shape index (κ3) is 2.18.